The van der Waals surface area contributed by atoms with E-state index in [1.807, 2.05) is 25.1 Å². The van der Waals surface area contributed by atoms with Crippen LogP contribution in [0.1, 0.15) is 32.6 Å². The van der Waals surface area contributed by atoms with Crippen molar-refractivity contribution in [3.05, 3.63) is 18.2 Å². The molecule has 3 rings (SSSR count). The molecule has 0 heterocycles. The average Bonchev–Trinajstić information content (AvgIpc) is 3.27. The Morgan fingerprint density at radius 1 is 1.24 bits per heavy atom. The molecule has 1 atom stereocenters. The molecule has 0 saturated heterocycles. The van der Waals surface area contributed by atoms with Gasteiger partial charge in [-0.2, -0.15) is 0 Å². The molecule has 0 spiro atoms. The van der Waals surface area contributed by atoms with Crippen LogP contribution in [0.2, 0.25) is 0 Å². The van der Waals surface area contributed by atoms with Crippen molar-refractivity contribution in [2.45, 2.75) is 32.6 Å². The predicted octanol–water partition coefficient (Wildman–Crippen LogP) is 3.56. The molecule has 112 valence electrons. The Morgan fingerprint density at radius 2 is 2.05 bits per heavy atom. The molecule has 0 bridgehead atoms. The summed E-state index contributed by atoms with van der Waals surface area (Å²) in [7, 11) is 1.64. The number of carbonyl (C=O) groups excluding carboxylic acids is 1. The van der Waals surface area contributed by atoms with E-state index in [0.29, 0.717) is 12.3 Å². The number of ketones is 1. The zero-order valence-corrected chi connectivity index (χ0v) is 12.6. The van der Waals surface area contributed by atoms with Gasteiger partial charge in [0.25, 0.3) is 0 Å². The van der Waals surface area contributed by atoms with Gasteiger partial charge in [0.2, 0.25) is 0 Å². The van der Waals surface area contributed by atoms with Crippen LogP contribution < -0.4 is 9.47 Å². The van der Waals surface area contributed by atoms with Gasteiger partial charge in [-0.25, -0.2) is 0 Å². The van der Waals surface area contributed by atoms with Crippen molar-refractivity contribution in [2.75, 3.05) is 13.7 Å². The largest absolute Gasteiger partial charge is 0.493 e. The molecule has 21 heavy (non-hydrogen) atoms. The van der Waals surface area contributed by atoms with Crippen LogP contribution in [0, 0.1) is 11.8 Å². The van der Waals surface area contributed by atoms with E-state index in [1.165, 1.54) is 12.8 Å². The molecule has 0 radical (unpaired) electrons. The normalized spacial score (nSPS) is 23.6. The van der Waals surface area contributed by atoms with Gasteiger partial charge >= 0.3 is 0 Å². The average molecular weight is 287 g/mol. The smallest absolute Gasteiger partial charge is 0.163 e. The van der Waals surface area contributed by atoms with Crippen LogP contribution >= 0.6 is 0 Å². The molecule has 2 aliphatic rings. The van der Waals surface area contributed by atoms with Crippen molar-refractivity contribution < 1.29 is 14.3 Å². The SMILES string of the molecule is COc1ccc(N=C2CCC(=O)C2C)cc1OCC1CC1. The van der Waals surface area contributed by atoms with E-state index in [4.69, 9.17) is 9.47 Å². The van der Waals surface area contributed by atoms with Gasteiger partial charge in [0, 0.05) is 18.2 Å². The van der Waals surface area contributed by atoms with E-state index in [0.717, 1.165) is 35.9 Å². The van der Waals surface area contributed by atoms with Gasteiger partial charge in [0.15, 0.2) is 11.5 Å². The summed E-state index contributed by atoms with van der Waals surface area (Å²) in [4.78, 5) is 16.2. The number of ether oxygens (including phenoxy) is 2. The fourth-order valence-corrected chi connectivity index (χ4v) is 2.53. The predicted molar refractivity (Wildman–Crippen MR) is 81.7 cm³/mol. The topological polar surface area (TPSA) is 47.9 Å². The molecule has 0 aliphatic heterocycles. The quantitative estimate of drug-likeness (QED) is 0.832. The van der Waals surface area contributed by atoms with Crippen molar-refractivity contribution in [1.82, 2.24) is 0 Å². The van der Waals surface area contributed by atoms with Gasteiger partial charge in [-0.1, -0.05) is 6.92 Å². The highest BCUT2D eigenvalue weighted by atomic mass is 16.5. The van der Waals surface area contributed by atoms with Crippen molar-refractivity contribution >= 4 is 17.2 Å². The molecule has 1 aromatic carbocycles. The third kappa shape index (κ3) is 3.26. The number of nitrogens with zero attached hydrogens (tertiary/aromatic N) is 1. The van der Waals surface area contributed by atoms with Gasteiger partial charge in [0.1, 0.15) is 5.78 Å². The fraction of sp³-hybridized carbons (Fsp3) is 0.529. The van der Waals surface area contributed by atoms with Crippen molar-refractivity contribution in [1.29, 1.82) is 0 Å². The van der Waals surface area contributed by atoms with E-state index in [9.17, 15) is 4.79 Å². The van der Waals surface area contributed by atoms with Crippen LogP contribution in [-0.2, 0) is 4.79 Å². The monoisotopic (exact) mass is 287 g/mol. The zero-order valence-electron chi connectivity index (χ0n) is 12.6. The van der Waals surface area contributed by atoms with Crippen LogP contribution in [0.5, 0.6) is 11.5 Å². The number of hydrogen-bond acceptors (Lipinski definition) is 4. The lowest BCUT2D eigenvalue weighted by molar-refractivity contribution is -0.119. The molecular weight excluding hydrogens is 266 g/mol. The summed E-state index contributed by atoms with van der Waals surface area (Å²) >= 11 is 0. The minimum Gasteiger partial charge on any atom is -0.493 e. The van der Waals surface area contributed by atoms with E-state index < -0.39 is 0 Å². The second-order valence-electron chi connectivity index (χ2n) is 5.88. The van der Waals surface area contributed by atoms with E-state index in [2.05, 4.69) is 4.99 Å². The highest BCUT2D eigenvalue weighted by Crippen LogP contribution is 2.35. The molecule has 2 fully saturated rings. The van der Waals surface area contributed by atoms with Gasteiger partial charge < -0.3 is 9.47 Å². The maximum Gasteiger partial charge on any atom is 0.163 e. The van der Waals surface area contributed by atoms with Crippen molar-refractivity contribution in [3.8, 4) is 11.5 Å². The number of rotatable bonds is 5. The summed E-state index contributed by atoms with van der Waals surface area (Å²) in [6.07, 6.45) is 3.89. The van der Waals surface area contributed by atoms with Gasteiger partial charge in [-0.3, -0.25) is 9.79 Å². The van der Waals surface area contributed by atoms with Gasteiger partial charge in [-0.05, 0) is 37.3 Å². The highest BCUT2D eigenvalue weighted by molar-refractivity contribution is 6.11. The van der Waals surface area contributed by atoms with Crippen LogP contribution in [-0.4, -0.2) is 25.2 Å². The van der Waals surface area contributed by atoms with Crippen LogP contribution in [0.4, 0.5) is 5.69 Å². The first kappa shape index (κ1) is 14.1. The Labute approximate surface area is 125 Å². The maximum atomic E-state index is 11.6. The maximum absolute atomic E-state index is 11.6. The van der Waals surface area contributed by atoms with E-state index in [-0.39, 0.29) is 11.7 Å². The number of Topliss-reactive ketones (excluding diaryl/α,β-unsaturated/α-hetero) is 1. The summed E-state index contributed by atoms with van der Waals surface area (Å²) in [5.41, 5.74) is 1.80. The highest BCUT2D eigenvalue weighted by Gasteiger charge is 2.26. The summed E-state index contributed by atoms with van der Waals surface area (Å²) in [5.74, 6) is 2.39. The van der Waals surface area contributed by atoms with Crippen LogP contribution in [0.3, 0.4) is 0 Å². The first-order chi connectivity index (χ1) is 10.2. The summed E-state index contributed by atoms with van der Waals surface area (Å²) in [6.45, 7) is 2.67. The molecule has 0 N–H and O–H groups in total. The fourth-order valence-electron chi connectivity index (χ4n) is 2.53. The van der Waals surface area contributed by atoms with Gasteiger partial charge in [-0.15, -0.1) is 0 Å². The Morgan fingerprint density at radius 3 is 2.67 bits per heavy atom. The molecule has 1 unspecified atom stereocenters. The van der Waals surface area contributed by atoms with Crippen LogP contribution in [0.15, 0.2) is 23.2 Å². The van der Waals surface area contributed by atoms with Crippen LogP contribution in [0.25, 0.3) is 0 Å². The first-order valence-corrected chi connectivity index (χ1v) is 7.58. The van der Waals surface area contributed by atoms with Crippen molar-refractivity contribution in [3.63, 3.8) is 0 Å². The number of aliphatic imine (C=N–C) groups is 1. The second kappa shape index (κ2) is 5.88. The number of methoxy groups -OCH3 is 1. The first-order valence-electron chi connectivity index (χ1n) is 7.58. The Bertz CT molecular complexity index is 575. The Hall–Kier alpha value is -1.84. The van der Waals surface area contributed by atoms with E-state index >= 15 is 0 Å². The standard InChI is InChI=1S/C17H21NO3/c1-11-14(6-7-15(11)19)18-13-5-8-16(20-2)17(9-13)21-10-12-3-4-12/h5,8-9,11-12H,3-4,6-7,10H2,1-2H3. The summed E-state index contributed by atoms with van der Waals surface area (Å²) in [5, 5.41) is 0. The van der Waals surface area contributed by atoms with E-state index in [1.54, 1.807) is 7.11 Å². The molecule has 4 nitrogen and oxygen atoms in total. The number of hydrogen-bond donors (Lipinski definition) is 0. The zero-order chi connectivity index (χ0) is 14.8. The molecule has 2 saturated carbocycles. The molecular formula is C17H21NO3. The molecule has 1 aromatic rings. The third-order valence-corrected chi connectivity index (χ3v) is 4.20. The number of benzene rings is 1. The number of carbonyl (C=O) groups is 1. The third-order valence-electron chi connectivity index (χ3n) is 4.20. The van der Waals surface area contributed by atoms with Crippen molar-refractivity contribution in [2.24, 2.45) is 16.8 Å². The second-order valence-corrected chi connectivity index (χ2v) is 5.88. The molecule has 4 heteroatoms. The Balaban J connectivity index is 1.80. The lowest BCUT2D eigenvalue weighted by Crippen LogP contribution is -2.09. The lowest BCUT2D eigenvalue weighted by atomic mass is 10.1. The molecule has 0 aromatic heterocycles. The lowest BCUT2D eigenvalue weighted by Gasteiger charge is -2.11. The van der Waals surface area contributed by atoms with Gasteiger partial charge in [0.05, 0.1) is 25.3 Å². The minimum absolute atomic E-state index is 0.0528. The summed E-state index contributed by atoms with van der Waals surface area (Å²) in [6, 6.07) is 5.69. The summed E-state index contributed by atoms with van der Waals surface area (Å²) < 4.78 is 11.2. The molecule has 0 amide bonds. The molecule has 2 aliphatic carbocycles. The Kier molecular flexibility index (Phi) is 3.95. The minimum atomic E-state index is -0.0528.